The number of nitrogens with zero attached hydrogens (tertiary/aromatic N) is 7. The van der Waals surface area contributed by atoms with E-state index in [1.54, 1.807) is 0 Å². The monoisotopic (exact) mass is 656 g/mol. The van der Waals surface area contributed by atoms with Crippen LogP contribution in [0.5, 0.6) is 5.88 Å². The summed E-state index contributed by atoms with van der Waals surface area (Å²) >= 11 is 1.54. The molecule has 2 saturated heterocycles. The minimum absolute atomic E-state index is 0.0364. The highest BCUT2D eigenvalue weighted by molar-refractivity contribution is 7.16. The Hall–Kier alpha value is -3.95. The summed E-state index contributed by atoms with van der Waals surface area (Å²) in [5, 5.41) is 15.4. The van der Waals surface area contributed by atoms with Crippen LogP contribution in [-0.2, 0) is 23.1 Å². The Labute approximate surface area is 280 Å². The first-order valence-electron chi connectivity index (χ1n) is 16.9. The number of carbonyl (C=O) groups excluding carboxylic acids is 1. The number of piperazine rings is 1. The van der Waals surface area contributed by atoms with Crippen molar-refractivity contribution >= 4 is 28.1 Å². The molecule has 1 spiro atoms. The maximum absolute atomic E-state index is 12.6. The zero-order chi connectivity index (χ0) is 33.0. The Balaban J connectivity index is 1.30. The number of thiophene rings is 1. The van der Waals surface area contributed by atoms with Crippen molar-refractivity contribution in [1.29, 1.82) is 5.26 Å². The highest BCUT2D eigenvalue weighted by Crippen LogP contribution is 2.55. The molecule has 1 amide bonds. The molecule has 11 nitrogen and oxygen atoms in total. The van der Waals surface area contributed by atoms with Gasteiger partial charge in [-0.25, -0.2) is 4.98 Å². The zero-order valence-corrected chi connectivity index (χ0v) is 28.6. The van der Waals surface area contributed by atoms with Crippen LogP contribution in [-0.4, -0.2) is 81.7 Å². The van der Waals surface area contributed by atoms with Crippen molar-refractivity contribution in [3.8, 4) is 23.5 Å². The predicted octanol–water partition coefficient (Wildman–Crippen LogP) is 5.08. The molecule has 2 aliphatic heterocycles. The fraction of sp³-hybridized carbons (Fsp3) is 0.571. The highest BCUT2D eigenvalue weighted by Gasteiger charge is 2.49. The second kappa shape index (κ2) is 12.3. The molecule has 12 heteroatoms. The van der Waals surface area contributed by atoms with Gasteiger partial charge in [0.2, 0.25) is 11.8 Å². The van der Waals surface area contributed by atoms with E-state index in [2.05, 4.69) is 55.4 Å². The first kappa shape index (κ1) is 31.6. The summed E-state index contributed by atoms with van der Waals surface area (Å²) in [5.41, 5.74) is 9.21. The number of anilines is 2. The zero-order valence-electron chi connectivity index (χ0n) is 27.8. The van der Waals surface area contributed by atoms with Crippen molar-refractivity contribution in [1.82, 2.24) is 24.9 Å². The number of nitrogen functional groups attached to an aromatic ring is 1. The molecule has 0 aromatic carbocycles. The summed E-state index contributed by atoms with van der Waals surface area (Å²) in [5.74, 6) is 2.47. The molecule has 5 heterocycles. The fourth-order valence-electron chi connectivity index (χ4n) is 8.81. The minimum Gasteiger partial charge on any atom is -0.473 e. The van der Waals surface area contributed by atoms with E-state index in [-0.39, 0.29) is 24.1 Å². The lowest BCUT2D eigenvalue weighted by atomic mass is 9.63. The highest BCUT2D eigenvalue weighted by atomic mass is 32.1. The van der Waals surface area contributed by atoms with E-state index < -0.39 is 5.41 Å². The molecule has 0 unspecified atom stereocenters. The van der Waals surface area contributed by atoms with Gasteiger partial charge in [0.05, 0.1) is 11.0 Å². The van der Waals surface area contributed by atoms with Crippen molar-refractivity contribution in [2.24, 2.45) is 0 Å². The number of ether oxygens (including phenoxy) is 1. The SMILES string of the molecule is C=CC(=O)N1[C@@H](C)CN(c2cc(O[C@@H](C)[C@@H]3CCCN3C)nc(-c3noc4c3CCC[C@@]43CCCc4sc(N)c(C#N)c43)n2)C[C@@H]1C. The smallest absolute Gasteiger partial charge is 0.246 e. The number of nitrogens with two attached hydrogens (primary N) is 1. The van der Waals surface area contributed by atoms with Gasteiger partial charge in [0.25, 0.3) is 0 Å². The molecule has 2 fully saturated rings. The second-order valence-electron chi connectivity index (χ2n) is 13.8. The number of likely N-dealkylation sites (N-methyl/N-ethyl adjacent to an activating group) is 1. The molecule has 7 rings (SSSR count). The lowest BCUT2D eigenvalue weighted by molar-refractivity contribution is -0.130. The molecule has 2 aliphatic carbocycles. The van der Waals surface area contributed by atoms with Gasteiger partial charge in [-0.3, -0.25) is 9.69 Å². The van der Waals surface area contributed by atoms with E-state index in [9.17, 15) is 10.1 Å². The molecule has 0 saturated carbocycles. The molecule has 0 bridgehead atoms. The lowest BCUT2D eigenvalue weighted by Crippen LogP contribution is -2.58. The Morgan fingerprint density at radius 3 is 2.66 bits per heavy atom. The van der Waals surface area contributed by atoms with E-state index in [1.165, 1.54) is 22.3 Å². The number of aryl methyl sites for hydroxylation is 1. The number of hydrogen-bond donors (Lipinski definition) is 1. The molecule has 2 N–H and O–H groups in total. The second-order valence-corrected chi connectivity index (χ2v) is 15.0. The lowest BCUT2D eigenvalue weighted by Gasteiger charge is -2.44. The van der Waals surface area contributed by atoms with Crippen molar-refractivity contribution in [2.45, 2.75) is 102 Å². The van der Waals surface area contributed by atoms with Crippen molar-refractivity contribution in [2.75, 3.05) is 37.3 Å². The van der Waals surface area contributed by atoms with Crippen LogP contribution >= 0.6 is 11.3 Å². The van der Waals surface area contributed by atoms with Crippen LogP contribution in [0.3, 0.4) is 0 Å². The van der Waals surface area contributed by atoms with Crippen molar-refractivity contribution in [3.63, 3.8) is 0 Å². The van der Waals surface area contributed by atoms with E-state index >= 15 is 0 Å². The standard InChI is InChI=1S/C35H44N8O3S/c1-6-29(44)43-20(2)18-42(19-21(43)3)27-16-28(45-22(4)25-11-9-15-41(25)5)39-34(38-27)31-23-10-7-13-35(32(23)46-40-31)14-8-12-26-30(35)24(17-36)33(37)47-26/h6,16,20-22,25H,1,7-15,18-19,37H2,2-5H3/t20-,21-,22-,25-,35-/m0/s1. The third-order valence-corrected chi connectivity index (χ3v) is 11.9. The Morgan fingerprint density at radius 1 is 1.23 bits per heavy atom. The molecule has 4 aliphatic rings. The van der Waals surface area contributed by atoms with Crippen LogP contribution < -0.4 is 15.4 Å². The van der Waals surface area contributed by atoms with E-state index in [0.29, 0.717) is 47.1 Å². The number of aromatic nitrogens is 3. The summed E-state index contributed by atoms with van der Waals surface area (Å²) in [6.45, 7) is 12.2. The Morgan fingerprint density at radius 2 is 1.98 bits per heavy atom. The summed E-state index contributed by atoms with van der Waals surface area (Å²) in [6.07, 6.45) is 8.97. The third-order valence-electron chi connectivity index (χ3n) is 10.9. The van der Waals surface area contributed by atoms with E-state index in [0.717, 1.165) is 80.6 Å². The molecular formula is C35H44N8O3S. The van der Waals surface area contributed by atoms with Gasteiger partial charge in [-0.2, -0.15) is 10.2 Å². The topological polar surface area (TPSA) is 138 Å². The number of likely N-dealkylation sites (tertiary alicyclic amines) is 1. The van der Waals surface area contributed by atoms with Crippen molar-refractivity contribution in [3.05, 3.63) is 46.0 Å². The maximum atomic E-state index is 12.6. The van der Waals surface area contributed by atoms with Crippen LogP contribution in [0.2, 0.25) is 0 Å². The first-order valence-corrected chi connectivity index (χ1v) is 17.7. The largest absolute Gasteiger partial charge is 0.473 e. The maximum Gasteiger partial charge on any atom is 0.246 e. The predicted molar refractivity (Wildman–Crippen MR) is 182 cm³/mol. The van der Waals surface area contributed by atoms with Gasteiger partial charge in [0.15, 0.2) is 17.3 Å². The summed E-state index contributed by atoms with van der Waals surface area (Å²) in [6, 6.07) is 4.56. The number of hydrogen-bond acceptors (Lipinski definition) is 11. The molecule has 47 heavy (non-hydrogen) atoms. The van der Waals surface area contributed by atoms with Crippen molar-refractivity contribution < 1.29 is 14.1 Å². The quantitative estimate of drug-likeness (QED) is 0.358. The fourth-order valence-corrected chi connectivity index (χ4v) is 9.97. The average Bonchev–Trinajstić information content (AvgIpc) is 3.77. The first-order chi connectivity index (χ1) is 22.6. The molecule has 5 atom stereocenters. The van der Waals surface area contributed by atoms with Gasteiger partial charge in [0, 0.05) is 47.7 Å². The Kier molecular flexibility index (Phi) is 8.25. The van der Waals surface area contributed by atoms with E-state index in [1.807, 2.05) is 11.0 Å². The van der Waals surface area contributed by atoms with Crippen LogP contribution in [0, 0.1) is 11.3 Å². The van der Waals surface area contributed by atoms with Crippen LogP contribution in [0.25, 0.3) is 11.5 Å². The molecular weight excluding hydrogens is 613 g/mol. The number of carbonyl (C=O) groups is 1. The summed E-state index contributed by atoms with van der Waals surface area (Å²) in [7, 11) is 2.15. The third kappa shape index (κ3) is 5.28. The normalized spacial score (nSPS) is 26.5. The molecule has 0 radical (unpaired) electrons. The van der Waals surface area contributed by atoms with Gasteiger partial charge in [0.1, 0.15) is 23.0 Å². The summed E-state index contributed by atoms with van der Waals surface area (Å²) < 4.78 is 12.9. The number of amides is 1. The number of nitriles is 1. The molecule has 3 aromatic rings. The van der Waals surface area contributed by atoms with Gasteiger partial charge < -0.3 is 24.8 Å². The Bertz CT molecular complexity index is 1730. The van der Waals surface area contributed by atoms with Crippen LogP contribution in [0.4, 0.5) is 10.8 Å². The minimum atomic E-state index is -0.428. The van der Waals surface area contributed by atoms with E-state index in [4.69, 9.17) is 25.0 Å². The number of rotatable bonds is 6. The average molecular weight is 657 g/mol. The van der Waals surface area contributed by atoms with Crippen LogP contribution in [0.1, 0.15) is 86.6 Å². The van der Waals surface area contributed by atoms with Gasteiger partial charge in [-0.1, -0.05) is 11.7 Å². The van der Waals surface area contributed by atoms with Gasteiger partial charge in [-0.05, 0) is 97.4 Å². The summed E-state index contributed by atoms with van der Waals surface area (Å²) in [4.78, 5) is 30.4. The number of fused-ring (bicyclic) bond motifs is 4. The van der Waals surface area contributed by atoms with Gasteiger partial charge >= 0.3 is 0 Å². The van der Waals surface area contributed by atoms with Gasteiger partial charge in [-0.15, -0.1) is 11.3 Å². The molecule has 3 aromatic heterocycles. The molecule has 248 valence electrons. The van der Waals surface area contributed by atoms with Crippen LogP contribution in [0.15, 0.2) is 23.2 Å².